The third kappa shape index (κ3) is 10.1. The number of hydrogen-bond acceptors (Lipinski definition) is 4. The van der Waals surface area contributed by atoms with Crippen LogP contribution in [-0.2, 0) is 4.74 Å². The van der Waals surface area contributed by atoms with Crippen molar-refractivity contribution in [2.24, 2.45) is 0 Å². The molecule has 0 aliphatic rings. The van der Waals surface area contributed by atoms with Gasteiger partial charge in [-0.3, -0.25) is 0 Å². The average molecular weight is 219 g/mol. The summed E-state index contributed by atoms with van der Waals surface area (Å²) in [6.07, 6.45) is 2.08. The normalized spacial score (nSPS) is 15.2. The summed E-state index contributed by atoms with van der Waals surface area (Å²) in [7, 11) is 0. The van der Waals surface area contributed by atoms with E-state index in [1.54, 1.807) is 0 Å². The molecule has 0 amide bonds. The van der Waals surface area contributed by atoms with Crippen LogP contribution < -0.4 is 5.32 Å². The molecule has 0 radical (unpaired) electrons. The van der Waals surface area contributed by atoms with Gasteiger partial charge >= 0.3 is 0 Å². The van der Waals surface area contributed by atoms with Crippen molar-refractivity contribution in [3.63, 3.8) is 0 Å². The number of hydrogen-bond donors (Lipinski definition) is 3. The van der Waals surface area contributed by atoms with Gasteiger partial charge in [-0.2, -0.15) is 0 Å². The van der Waals surface area contributed by atoms with Crippen molar-refractivity contribution in [2.75, 3.05) is 26.3 Å². The highest BCUT2D eigenvalue weighted by atomic mass is 16.5. The van der Waals surface area contributed by atoms with Gasteiger partial charge in [-0.1, -0.05) is 20.3 Å². The minimum atomic E-state index is -0.481. The summed E-state index contributed by atoms with van der Waals surface area (Å²) in [5, 5.41) is 21.7. The van der Waals surface area contributed by atoms with Crippen LogP contribution in [0.4, 0.5) is 0 Å². The summed E-state index contributed by atoms with van der Waals surface area (Å²) in [6, 6.07) is 0. The van der Waals surface area contributed by atoms with Gasteiger partial charge in [-0.15, -0.1) is 0 Å². The van der Waals surface area contributed by atoms with Crippen molar-refractivity contribution in [1.29, 1.82) is 0 Å². The van der Waals surface area contributed by atoms with E-state index in [9.17, 15) is 10.2 Å². The van der Waals surface area contributed by atoms with E-state index in [-0.39, 0.29) is 6.10 Å². The van der Waals surface area contributed by atoms with E-state index in [2.05, 4.69) is 12.2 Å². The molecule has 0 aromatic carbocycles. The van der Waals surface area contributed by atoms with Crippen molar-refractivity contribution >= 4 is 0 Å². The van der Waals surface area contributed by atoms with Gasteiger partial charge in [0.2, 0.25) is 0 Å². The third-order valence-electron chi connectivity index (χ3n) is 2.18. The van der Waals surface area contributed by atoms with Crippen molar-refractivity contribution in [1.82, 2.24) is 5.32 Å². The van der Waals surface area contributed by atoms with Gasteiger partial charge in [0.05, 0.1) is 18.8 Å². The molecular formula is C11H25NO3. The fourth-order valence-electron chi connectivity index (χ4n) is 1.09. The van der Waals surface area contributed by atoms with Gasteiger partial charge in [0.15, 0.2) is 0 Å². The molecule has 0 rings (SSSR count). The van der Waals surface area contributed by atoms with Gasteiger partial charge in [0.25, 0.3) is 0 Å². The second-order valence-electron chi connectivity index (χ2n) is 3.80. The molecule has 15 heavy (non-hydrogen) atoms. The van der Waals surface area contributed by atoms with Gasteiger partial charge < -0.3 is 20.3 Å². The molecule has 4 heteroatoms. The topological polar surface area (TPSA) is 61.7 Å². The van der Waals surface area contributed by atoms with Crippen LogP contribution in [0.15, 0.2) is 0 Å². The molecule has 3 N–H and O–H groups in total. The average Bonchev–Trinajstić information content (AvgIpc) is 2.24. The van der Waals surface area contributed by atoms with E-state index in [0.29, 0.717) is 26.3 Å². The lowest BCUT2D eigenvalue weighted by atomic mass is 10.2. The maximum atomic E-state index is 9.46. The summed E-state index contributed by atoms with van der Waals surface area (Å²) < 4.78 is 5.27. The van der Waals surface area contributed by atoms with Crippen molar-refractivity contribution in [2.45, 2.75) is 45.3 Å². The zero-order valence-corrected chi connectivity index (χ0v) is 9.91. The van der Waals surface area contributed by atoms with Crippen LogP contribution in [0, 0.1) is 0 Å². The van der Waals surface area contributed by atoms with Crippen LogP contribution in [0.25, 0.3) is 0 Å². The molecule has 0 saturated heterocycles. The van der Waals surface area contributed by atoms with Crippen LogP contribution in [0.1, 0.15) is 33.1 Å². The second-order valence-corrected chi connectivity index (χ2v) is 3.80. The van der Waals surface area contributed by atoms with Crippen LogP contribution in [0.3, 0.4) is 0 Å². The van der Waals surface area contributed by atoms with E-state index >= 15 is 0 Å². The molecule has 92 valence electrons. The molecule has 0 saturated carbocycles. The summed E-state index contributed by atoms with van der Waals surface area (Å²) in [6.45, 7) is 6.12. The van der Waals surface area contributed by atoms with E-state index in [1.165, 1.54) is 0 Å². The summed E-state index contributed by atoms with van der Waals surface area (Å²) >= 11 is 0. The largest absolute Gasteiger partial charge is 0.392 e. The van der Waals surface area contributed by atoms with Crippen LogP contribution in [-0.4, -0.2) is 48.7 Å². The Morgan fingerprint density at radius 1 is 1.13 bits per heavy atom. The smallest absolute Gasteiger partial charge is 0.0897 e. The van der Waals surface area contributed by atoms with E-state index in [4.69, 9.17) is 4.74 Å². The highest BCUT2D eigenvalue weighted by Crippen LogP contribution is 1.91. The molecular weight excluding hydrogens is 194 g/mol. The Bertz CT molecular complexity index is 133. The van der Waals surface area contributed by atoms with Gasteiger partial charge in [0.1, 0.15) is 0 Å². The van der Waals surface area contributed by atoms with Crippen molar-refractivity contribution < 1.29 is 14.9 Å². The quantitative estimate of drug-likeness (QED) is 0.469. The first kappa shape index (κ1) is 14.8. The monoisotopic (exact) mass is 219 g/mol. The summed E-state index contributed by atoms with van der Waals surface area (Å²) in [5.74, 6) is 0. The Morgan fingerprint density at radius 2 is 1.80 bits per heavy atom. The molecule has 0 aromatic heterocycles. The number of aliphatic hydroxyl groups is 2. The van der Waals surface area contributed by atoms with Gasteiger partial charge in [-0.25, -0.2) is 0 Å². The zero-order chi connectivity index (χ0) is 11.5. The first-order chi connectivity index (χ1) is 7.20. The molecule has 0 aromatic rings. The minimum absolute atomic E-state index is 0.321. The Balaban J connectivity index is 3.21. The second kappa shape index (κ2) is 10.4. The fraction of sp³-hybridized carbons (Fsp3) is 1.00. The Kier molecular flexibility index (Phi) is 10.3. The predicted molar refractivity (Wildman–Crippen MR) is 60.9 cm³/mol. The highest BCUT2D eigenvalue weighted by Gasteiger charge is 2.05. The first-order valence-electron chi connectivity index (χ1n) is 5.85. The Morgan fingerprint density at radius 3 is 2.40 bits per heavy atom. The van der Waals surface area contributed by atoms with Gasteiger partial charge in [-0.05, 0) is 12.8 Å². The molecule has 0 aliphatic carbocycles. The molecule has 2 atom stereocenters. The fourth-order valence-corrected chi connectivity index (χ4v) is 1.09. The number of rotatable bonds is 10. The lowest BCUT2D eigenvalue weighted by Crippen LogP contribution is -2.35. The first-order valence-corrected chi connectivity index (χ1v) is 5.85. The van der Waals surface area contributed by atoms with Crippen molar-refractivity contribution in [3.05, 3.63) is 0 Å². The zero-order valence-electron chi connectivity index (χ0n) is 9.91. The maximum absolute atomic E-state index is 9.46. The predicted octanol–water partition coefficient (Wildman–Crippen LogP) is 0.524. The van der Waals surface area contributed by atoms with E-state index in [1.807, 2.05) is 6.92 Å². The van der Waals surface area contributed by atoms with Gasteiger partial charge in [0, 0.05) is 19.7 Å². The summed E-state index contributed by atoms with van der Waals surface area (Å²) in [4.78, 5) is 0. The molecule has 0 spiro atoms. The van der Waals surface area contributed by atoms with Crippen LogP contribution >= 0.6 is 0 Å². The molecule has 0 fully saturated rings. The molecule has 2 unspecified atom stereocenters. The van der Waals surface area contributed by atoms with Crippen LogP contribution in [0.2, 0.25) is 0 Å². The lowest BCUT2D eigenvalue weighted by Gasteiger charge is -2.14. The number of aliphatic hydroxyl groups excluding tert-OH is 2. The number of unbranched alkanes of at least 4 members (excludes halogenated alkanes) is 1. The van der Waals surface area contributed by atoms with Crippen LogP contribution in [0.5, 0.6) is 0 Å². The lowest BCUT2D eigenvalue weighted by molar-refractivity contribution is 0.0342. The Labute approximate surface area is 92.6 Å². The number of nitrogens with one attached hydrogen (secondary N) is 1. The molecule has 0 heterocycles. The molecule has 0 aliphatic heterocycles. The third-order valence-corrected chi connectivity index (χ3v) is 2.18. The highest BCUT2D eigenvalue weighted by molar-refractivity contribution is 4.62. The molecule has 4 nitrogen and oxygen atoms in total. The van der Waals surface area contributed by atoms with Crippen molar-refractivity contribution in [3.8, 4) is 0 Å². The standard InChI is InChI=1S/C11H25NO3/c1-3-5-6-15-9-11(14)8-12-7-10(13)4-2/h10-14H,3-9H2,1-2H3. The Hall–Kier alpha value is -0.160. The summed E-state index contributed by atoms with van der Waals surface area (Å²) in [5.41, 5.74) is 0. The molecule has 0 bridgehead atoms. The van der Waals surface area contributed by atoms with E-state index in [0.717, 1.165) is 19.3 Å². The minimum Gasteiger partial charge on any atom is -0.392 e. The number of ether oxygens (including phenoxy) is 1. The van der Waals surface area contributed by atoms with E-state index < -0.39 is 6.10 Å². The SMILES string of the molecule is CCCCOCC(O)CNCC(O)CC. The maximum Gasteiger partial charge on any atom is 0.0897 e.